The van der Waals surface area contributed by atoms with E-state index in [2.05, 4.69) is 5.32 Å². The maximum atomic E-state index is 12.8. The number of hydrogen-bond donors (Lipinski definition) is 1. The molecule has 0 aliphatic carbocycles. The second-order valence-electron chi connectivity index (χ2n) is 6.46. The van der Waals surface area contributed by atoms with Crippen LogP contribution >= 0.6 is 12.4 Å². The number of nitrogens with one attached hydrogen (secondary N) is 1. The summed E-state index contributed by atoms with van der Waals surface area (Å²) in [7, 11) is 0. The first-order valence-electron chi connectivity index (χ1n) is 8.50. The highest BCUT2D eigenvalue weighted by Crippen LogP contribution is 2.23. The van der Waals surface area contributed by atoms with Gasteiger partial charge in [-0.25, -0.2) is 0 Å². The largest absolute Gasteiger partial charge is 0.451 e. The molecule has 1 aromatic carbocycles. The van der Waals surface area contributed by atoms with E-state index in [1.807, 2.05) is 34.1 Å². The van der Waals surface area contributed by atoms with Crippen molar-refractivity contribution in [2.24, 2.45) is 0 Å². The molecule has 2 saturated heterocycles. The van der Waals surface area contributed by atoms with Crippen LogP contribution in [0.2, 0.25) is 0 Å². The van der Waals surface area contributed by atoms with Crippen molar-refractivity contribution < 1.29 is 14.0 Å². The summed E-state index contributed by atoms with van der Waals surface area (Å²) in [5.41, 5.74) is 0.728. The van der Waals surface area contributed by atoms with Crippen LogP contribution in [-0.2, 0) is 4.79 Å². The number of piperidine rings is 1. The molecule has 1 unspecified atom stereocenters. The maximum absolute atomic E-state index is 12.8. The molecule has 1 atom stereocenters. The summed E-state index contributed by atoms with van der Waals surface area (Å²) in [5, 5.41) is 4.03. The molecular weight excluding hydrogens is 342 g/mol. The molecule has 7 heteroatoms. The highest BCUT2D eigenvalue weighted by molar-refractivity contribution is 5.96. The molecule has 2 aliphatic rings. The number of carbonyl (C=O) groups is 2. The van der Waals surface area contributed by atoms with Crippen LogP contribution < -0.4 is 5.32 Å². The Hall–Kier alpha value is -2.05. The summed E-state index contributed by atoms with van der Waals surface area (Å²) in [4.78, 5) is 28.6. The molecule has 0 spiro atoms. The van der Waals surface area contributed by atoms with E-state index in [0.717, 1.165) is 36.9 Å². The Morgan fingerprint density at radius 3 is 2.88 bits per heavy atom. The van der Waals surface area contributed by atoms with E-state index in [0.29, 0.717) is 25.4 Å². The van der Waals surface area contributed by atoms with Gasteiger partial charge in [-0.15, -0.1) is 12.4 Å². The molecule has 2 amide bonds. The average Bonchev–Trinajstić information content (AvgIpc) is 3.06. The van der Waals surface area contributed by atoms with Crippen molar-refractivity contribution in [1.82, 2.24) is 15.1 Å². The molecule has 1 N–H and O–H groups in total. The smallest absolute Gasteiger partial charge is 0.289 e. The Kier molecular flexibility index (Phi) is 5.30. The number of benzene rings is 1. The summed E-state index contributed by atoms with van der Waals surface area (Å²) in [6.45, 7) is 3.23. The number of furan rings is 1. The number of fused-ring (bicyclic) bond motifs is 1. The van der Waals surface area contributed by atoms with Gasteiger partial charge in [0.05, 0.1) is 6.54 Å². The predicted molar refractivity (Wildman–Crippen MR) is 97.0 cm³/mol. The van der Waals surface area contributed by atoms with Gasteiger partial charge in [-0.1, -0.05) is 18.2 Å². The van der Waals surface area contributed by atoms with Crippen molar-refractivity contribution in [3.05, 3.63) is 36.1 Å². The van der Waals surface area contributed by atoms with Crippen molar-refractivity contribution in [2.75, 3.05) is 32.7 Å². The number of amides is 2. The third-order valence-electron chi connectivity index (χ3n) is 4.89. The Balaban J connectivity index is 0.00000182. The summed E-state index contributed by atoms with van der Waals surface area (Å²) >= 11 is 0. The first kappa shape index (κ1) is 17.8. The second kappa shape index (κ2) is 7.45. The SMILES string of the molecule is Cl.O=C(c1cc2ccccc2o1)N1CCCC(N2CCNCC2=O)C1. The third-order valence-corrected chi connectivity index (χ3v) is 4.89. The van der Waals surface area contributed by atoms with Gasteiger partial charge in [0.25, 0.3) is 5.91 Å². The quantitative estimate of drug-likeness (QED) is 0.885. The molecule has 4 rings (SSSR count). The summed E-state index contributed by atoms with van der Waals surface area (Å²) < 4.78 is 5.70. The molecular formula is C18H22ClN3O3. The molecule has 2 aromatic rings. The van der Waals surface area contributed by atoms with Crippen molar-refractivity contribution in [2.45, 2.75) is 18.9 Å². The normalized spacial score (nSPS) is 21.3. The number of carbonyl (C=O) groups excluding carboxylic acids is 2. The fraction of sp³-hybridized carbons (Fsp3) is 0.444. The van der Waals surface area contributed by atoms with Crippen molar-refractivity contribution in [3.8, 4) is 0 Å². The Labute approximate surface area is 152 Å². The van der Waals surface area contributed by atoms with Crippen LogP contribution in [0.5, 0.6) is 0 Å². The fourth-order valence-electron chi connectivity index (χ4n) is 3.64. The van der Waals surface area contributed by atoms with Crippen LogP contribution in [0.3, 0.4) is 0 Å². The van der Waals surface area contributed by atoms with E-state index in [1.54, 1.807) is 6.07 Å². The number of halogens is 1. The van der Waals surface area contributed by atoms with E-state index in [-0.39, 0.29) is 30.3 Å². The van der Waals surface area contributed by atoms with E-state index in [9.17, 15) is 9.59 Å². The van der Waals surface area contributed by atoms with E-state index in [4.69, 9.17) is 4.42 Å². The van der Waals surface area contributed by atoms with Gasteiger partial charge in [0.15, 0.2) is 5.76 Å². The van der Waals surface area contributed by atoms with E-state index < -0.39 is 0 Å². The van der Waals surface area contributed by atoms with Gasteiger partial charge >= 0.3 is 0 Å². The summed E-state index contributed by atoms with van der Waals surface area (Å²) in [6.07, 6.45) is 1.86. The minimum absolute atomic E-state index is 0. The van der Waals surface area contributed by atoms with Gasteiger partial charge in [-0.05, 0) is 25.0 Å². The number of nitrogens with zero attached hydrogens (tertiary/aromatic N) is 2. The lowest BCUT2D eigenvalue weighted by Gasteiger charge is -2.40. The highest BCUT2D eigenvalue weighted by Gasteiger charge is 2.32. The lowest BCUT2D eigenvalue weighted by Crippen LogP contribution is -2.57. The molecule has 6 nitrogen and oxygen atoms in total. The minimum atomic E-state index is -0.0847. The van der Waals surface area contributed by atoms with Crippen LogP contribution in [-0.4, -0.2) is 60.4 Å². The van der Waals surface area contributed by atoms with Crippen molar-refractivity contribution in [1.29, 1.82) is 0 Å². The van der Waals surface area contributed by atoms with Crippen molar-refractivity contribution >= 4 is 35.2 Å². The number of piperazine rings is 1. The molecule has 2 fully saturated rings. The van der Waals surface area contributed by atoms with Crippen molar-refractivity contribution in [3.63, 3.8) is 0 Å². The topological polar surface area (TPSA) is 65.8 Å². The minimum Gasteiger partial charge on any atom is -0.451 e. The first-order valence-corrected chi connectivity index (χ1v) is 8.50. The molecule has 134 valence electrons. The number of rotatable bonds is 2. The number of hydrogen-bond acceptors (Lipinski definition) is 4. The number of para-hydroxylation sites is 1. The molecule has 0 radical (unpaired) electrons. The molecule has 2 aliphatic heterocycles. The average molecular weight is 364 g/mol. The zero-order valence-electron chi connectivity index (χ0n) is 13.9. The summed E-state index contributed by atoms with van der Waals surface area (Å²) in [5.74, 6) is 0.422. The van der Waals surface area contributed by atoms with Crippen LogP contribution in [0.1, 0.15) is 23.4 Å². The molecule has 0 bridgehead atoms. The Morgan fingerprint density at radius 2 is 2.08 bits per heavy atom. The van der Waals surface area contributed by atoms with Gasteiger partial charge in [-0.2, -0.15) is 0 Å². The third kappa shape index (κ3) is 3.50. The predicted octanol–water partition coefficient (Wildman–Crippen LogP) is 1.89. The van der Waals surface area contributed by atoms with Gasteiger partial charge < -0.3 is 19.5 Å². The monoisotopic (exact) mass is 363 g/mol. The molecule has 1 aromatic heterocycles. The van der Waals surface area contributed by atoms with Crippen LogP contribution in [0.25, 0.3) is 11.0 Å². The Morgan fingerprint density at radius 1 is 1.24 bits per heavy atom. The van der Waals surface area contributed by atoms with Gasteiger partial charge in [0.1, 0.15) is 5.58 Å². The lowest BCUT2D eigenvalue weighted by molar-refractivity contribution is -0.135. The van der Waals surface area contributed by atoms with Gasteiger partial charge in [0, 0.05) is 37.6 Å². The number of likely N-dealkylation sites (tertiary alicyclic amines) is 1. The molecule has 25 heavy (non-hydrogen) atoms. The fourth-order valence-corrected chi connectivity index (χ4v) is 3.64. The van der Waals surface area contributed by atoms with Crippen LogP contribution in [0.4, 0.5) is 0 Å². The zero-order valence-corrected chi connectivity index (χ0v) is 14.8. The maximum Gasteiger partial charge on any atom is 0.289 e. The second-order valence-corrected chi connectivity index (χ2v) is 6.46. The van der Waals surface area contributed by atoms with E-state index in [1.165, 1.54) is 0 Å². The summed E-state index contributed by atoms with van der Waals surface area (Å²) in [6, 6.07) is 9.55. The zero-order chi connectivity index (χ0) is 16.5. The standard InChI is InChI=1S/C18H21N3O3.ClH/c22-17-11-19-7-9-21(17)14-5-3-8-20(12-14)18(23)16-10-13-4-1-2-6-15(13)24-16;/h1-2,4,6,10,14,19H,3,5,7-9,11-12H2;1H. The first-order chi connectivity index (χ1) is 11.7. The van der Waals surface area contributed by atoms with Crippen LogP contribution in [0, 0.1) is 0 Å². The Bertz CT molecular complexity index is 743. The molecule has 3 heterocycles. The van der Waals surface area contributed by atoms with Gasteiger partial charge in [-0.3, -0.25) is 9.59 Å². The van der Waals surface area contributed by atoms with E-state index >= 15 is 0 Å². The lowest BCUT2D eigenvalue weighted by atomic mass is 10.0. The molecule has 0 saturated carbocycles. The van der Waals surface area contributed by atoms with Crippen LogP contribution in [0.15, 0.2) is 34.7 Å². The highest BCUT2D eigenvalue weighted by atomic mass is 35.5. The van der Waals surface area contributed by atoms with Gasteiger partial charge in [0.2, 0.25) is 5.91 Å².